The number of alkyl halides is 1. The van der Waals surface area contributed by atoms with E-state index in [9.17, 15) is 18.8 Å². The minimum atomic E-state index is -1.80. The lowest BCUT2D eigenvalue weighted by Crippen LogP contribution is -2.35. The molecular weight excluding hydrogens is 375 g/mol. The van der Waals surface area contributed by atoms with Crippen molar-refractivity contribution in [3.63, 3.8) is 0 Å². The highest BCUT2D eigenvalue weighted by molar-refractivity contribution is 5.97. The normalized spacial score (nSPS) is 30.7. The Labute approximate surface area is 169 Å². The predicted molar refractivity (Wildman–Crippen MR) is 103 cm³/mol. The van der Waals surface area contributed by atoms with Crippen LogP contribution in [0, 0.1) is 11.8 Å². The summed E-state index contributed by atoms with van der Waals surface area (Å²) in [4.78, 5) is 36.7. The third kappa shape index (κ3) is 4.11. The lowest BCUT2D eigenvalue weighted by molar-refractivity contribution is -0.141. The molecule has 1 saturated heterocycles. The van der Waals surface area contributed by atoms with Crippen LogP contribution in [-0.4, -0.2) is 35.6 Å². The summed E-state index contributed by atoms with van der Waals surface area (Å²) < 4.78 is 26.0. The second-order valence-corrected chi connectivity index (χ2v) is 8.27. The average Bonchev–Trinajstić information content (AvgIpc) is 3.23. The number of carbonyl (C=O) groups excluding carboxylic acids is 3. The molecule has 4 rings (SSSR count). The Morgan fingerprint density at radius 1 is 1.14 bits per heavy atom. The lowest BCUT2D eigenvalue weighted by Gasteiger charge is -2.27. The van der Waals surface area contributed by atoms with Crippen molar-refractivity contribution >= 4 is 17.7 Å². The molecule has 154 valence electrons. The van der Waals surface area contributed by atoms with Crippen molar-refractivity contribution in [2.75, 3.05) is 0 Å². The van der Waals surface area contributed by atoms with Gasteiger partial charge in [0.25, 0.3) is 0 Å². The number of carbonyl (C=O) groups is 3. The smallest absolute Gasteiger partial charge is 0.338 e. The van der Waals surface area contributed by atoms with Gasteiger partial charge in [0.2, 0.25) is 0 Å². The number of benzene rings is 1. The fraction of sp³-hybridized carbons (Fsp3) is 0.522. The number of halogens is 1. The summed E-state index contributed by atoms with van der Waals surface area (Å²) in [6, 6.07) is 8.65. The van der Waals surface area contributed by atoms with Gasteiger partial charge in [0, 0.05) is 18.3 Å². The summed E-state index contributed by atoms with van der Waals surface area (Å²) in [5.41, 5.74) is -1.37. The molecule has 0 N–H and O–H groups in total. The van der Waals surface area contributed by atoms with E-state index in [1.165, 1.54) is 6.08 Å². The second kappa shape index (κ2) is 8.09. The maximum Gasteiger partial charge on any atom is 0.338 e. The molecule has 3 fully saturated rings. The van der Waals surface area contributed by atoms with Crippen molar-refractivity contribution in [3.05, 3.63) is 48.0 Å². The minimum Gasteiger partial charge on any atom is -0.462 e. The van der Waals surface area contributed by atoms with Gasteiger partial charge in [0.15, 0.2) is 11.5 Å². The first-order valence-electron chi connectivity index (χ1n) is 10.3. The van der Waals surface area contributed by atoms with E-state index in [1.54, 1.807) is 30.3 Å². The summed E-state index contributed by atoms with van der Waals surface area (Å²) >= 11 is 0. The Morgan fingerprint density at radius 3 is 2.59 bits per heavy atom. The van der Waals surface area contributed by atoms with Gasteiger partial charge in [-0.05, 0) is 43.9 Å². The molecule has 0 spiro atoms. The molecule has 3 aliphatic rings. The van der Waals surface area contributed by atoms with Crippen LogP contribution in [-0.2, 0) is 19.1 Å². The Kier molecular flexibility index (Phi) is 5.52. The van der Waals surface area contributed by atoms with Gasteiger partial charge in [-0.25, -0.2) is 9.18 Å². The summed E-state index contributed by atoms with van der Waals surface area (Å²) in [7, 11) is 0. The van der Waals surface area contributed by atoms with Gasteiger partial charge in [-0.15, -0.1) is 0 Å². The molecule has 1 heterocycles. The van der Waals surface area contributed by atoms with Crippen LogP contribution in [0.15, 0.2) is 42.5 Å². The monoisotopic (exact) mass is 400 g/mol. The van der Waals surface area contributed by atoms with Crippen LogP contribution in [0.4, 0.5) is 4.39 Å². The standard InChI is InChI=1S/C23H25FO5/c24-23(11-5-2-6-12-23)20(25)10-9-16-17-13-21(26)28-19(17)14-18(16)29-22(27)15-7-3-1-4-8-15/h1,3-4,7-10,16-19H,2,5-6,11-14H2/b10-9+/t16-,17-,18-,19+/m1/s1. The van der Waals surface area contributed by atoms with E-state index in [-0.39, 0.29) is 43.2 Å². The second-order valence-electron chi connectivity index (χ2n) is 8.27. The maximum atomic E-state index is 14.9. The fourth-order valence-electron chi connectivity index (χ4n) is 4.78. The van der Waals surface area contributed by atoms with Crippen LogP contribution in [0.25, 0.3) is 0 Å². The molecule has 1 aromatic rings. The van der Waals surface area contributed by atoms with Crippen LogP contribution in [0.3, 0.4) is 0 Å². The molecule has 2 saturated carbocycles. The van der Waals surface area contributed by atoms with Gasteiger partial charge in [0.05, 0.1) is 12.0 Å². The SMILES string of the molecule is O=C1C[C@@H]2[C@@H](/C=C/C(=O)C3(F)CCCCC3)[C@H](OC(=O)c3ccccc3)C[C@@H]2O1. The van der Waals surface area contributed by atoms with Crippen LogP contribution in [0.5, 0.6) is 0 Å². The van der Waals surface area contributed by atoms with Crippen LogP contribution in [0.2, 0.25) is 0 Å². The molecule has 0 unspecified atom stereocenters. The fourth-order valence-corrected chi connectivity index (χ4v) is 4.78. The molecule has 0 bridgehead atoms. The van der Waals surface area contributed by atoms with Gasteiger partial charge in [-0.2, -0.15) is 0 Å². The number of esters is 2. The summed E-state index contributed by atoms with van der Waals surface area (Å²) in [5.74, 6) is -1.79. The van der Waals surface area contributed by atoms with E-state index in [1.807, 2.05) is 6.07 Å². The van der Waals surface area contributed by atoms with Crippen molar-refractivity contribution in [2.45, 2.75) is 62.8 Å². The number of ether oxygens (including phenoxy) is 2. The van der Waals surface area contributed by atoms with Crippen molar-refractivity contribution in [1.29, 1.82) is 0 Å². The zero-order valence-electron chi connectivity index (χ0n) is 16.2. The number of hydrogen-bond acceptors (Lipinski definition) is 5. The van der Waals surface area contributed by atoms with E-state index < -0.39 is 23.5 Å². The summed E-state index contributed by atoms with van der Waals surface area (Å²) in [5, 5.41) is 0. The Morgan fingerprint density at radius 2 is 1.86 bits per heavy atom. The molecule has 1 aliphatic heterocycles. The molecule has 0 amide bonds. The highest BCUT2D eigenvalue weighted by atomic mass is 19.1. The largest absolute Gasteiger partial charge is 0.462 e. The summed E-state index contributed by atoms with van der Waals surface area (Å²) in [6.45, 7) is 0. The first kappa shape index (κ1) is 19.8. The number of hydrogen-bond donors (Lipinski definition) is 0. The van der Waals surface area contributed by atoms with Crippen LogP contribution in [0.1, 0.15) is 55.3 Å². The zero-order chi connectivity index (χ0) is 20.4. The lowest BCUT2D eigenvalue weighted by atomic mass is 9.82. The molecule has 29 heavy (non-hydrogen) atoms. The highest BCUT2D eigenvalue weighted by Gasteiger charge is 2.51. The van der Waals surface area contributed by atoms with E-state index in [4.69, 9.17) is 9.47 Å². The number of fused-ring (bicyclic) bond motifs is 1. The van der Waals surface area contributed by atoms with E-state index in [2.05, 4.69) is 0 Å². The molecule has 1 aromatic carbocycles. The average molecular weight is 400 g/mol. The maximum absolute atomic E-state index is 14.9. The molecule has 6 heteroatoms. The molecule has 0 radical (unpaired) electrons. The first-order chi connectivity index (χ1) is 14.0. The van der Waals surface area contributed by atoms with Gasteiger partial charge in [-0.3, -0.25) is 9.59 Å². The third-order valence-electron chi connectivity index (χ3n) is 6.38. The van der Waals surface area contributed by atoms with Gasteiger partial charge in [0.1, 0.15) is 12.2 Å². The van der Waals surface area contributed by atoms with Crippen molar-refractivity contribution in [3.8, 4) is 0 Å². The highest BCUT2D eigenvalue weighted by Crippen LogP contribution is 2.44. The van der Waals surface area contributed by atoms with E-state index in [0.717, 1.165) is 6.42 Å². The molecule has 4 atom stereocenters. The Bertz CT molecular complexity index is 812. The van der Waals surface area contributed by atoms with E-state index >= 15 is 0 Å². The van der Waals surface area contributed by atoms with E-state index in [0.29, 0.717) is 24.8 Å². The molecular formula is C23H25FO5. The van der Waals surface area contributed by atoms with Crippen molar-refractivity contribution in [1.82, 2.24) is 0 Å². The van der Waals surface area contributed by atoms with Gasteiger partial charge >= 0.3 is 11.9 Å². The quantitative estimate of drug-likeness (QED) is 0.553. The van der Waals surface area contributed by atoms with Crippen molar-refractivity contribution in [2.24, 2.45) is 11.8 Å². The first-order valence-corrected chi connectivity index (χ1v) is 10.3. The number of rotatable bonds is 5. The predicted octanol–water partition coefficient (Wildman–Crippen LogP) is 3.96. The third-order valence-corrected chi connectivity index (χ3v) is 6.38. The topological polar surface area (TPSA) is 69.7 Å². The summed E-state index contributed by atoms with van der Waals surface area (Å²) in [6.07, 6.45) is 5.55. The zero-order valence-corrected chi connectivity index (χ0v) is 16.2. The van der Waals surface area contributed by atoms with Gasteiger partial charge in [-0.1, -0.05) is 30.7 Å². The van der Waals surface area contributed by atoms with Gasteiger partial charge < -0.3 is 9.47 Å². The minimum absolute atomic E-state index is 0.165. The Hall–Kier alpha value is -2.50. The van der Waals surface area contributed by atoms with Crippen molar-refractivity contribution < 1.29 is 28.2 Å². The molecule has 2 aliphatic carbocycles. The molecule has 0 aromatic heterocycles. The Balaban J connectivity index is 1.50. The van der Waals surface area contributed by atoms with Crippen LogP contribution < -0.4 is 0 Å². The number of allylic oxidation sites excluding steroid dienone is 1. The number of ketones is 1. The van der Waals surface area contributed by atoms with Crippen LogP contribution >= 0.6 is 0 Å². The molecule has 5 nitrogen and oxygen atoms in total.